The molecule has 2 aromatic carbocycles. The van der Waals surface area contributed by atoms with Crippen molar-refractivity contribution in [3.63, 3.8) is 0 Å². The molecular formula is C20H20N6OS. The van der Waals surface area contributed by atoms with Gasteiger partial charge in [-0.2, -0.15) is 5.26 Å². The predicted octanol–water partition coefficient (Wildman–Crippen LogP) is 3.01. The zero-order valence-corrected chi connectivity index (χ0v) is 16.3. The average molecular weight is 392 g/mol. The third kappa shape index (κ3) is 4.50. The van der Waals surface area contributed by atoms with E-state index in [-0.39, 0.29) is 18.1 Å². The van der Waals surface area contributed by atoms with Gasteiger partial charge in [0.15, 0.2) is 5.82 Å². The molecule has 0 atom stereocenters. The van der Waals surface area contributed by atoms with Crippen LogP contribution in [-0.4, -0.2) is 33.1 Å². The number of hydrogen-bond donors (Lipinski definition) is 1. The number of nitrogens with two attached hydrogens (primary N) is 1. The molecule has 8 heteroatoms. The second kappa shape index (κ2) is 9.06. The van der Waals surface area contributed by atoms with E-state index in [9.17, 15) is 4.79 Å². The minimum atomic E-state index is -0.119. The van der Waals surface area contributed by atoms with Crippen molar-refractivity contribution in [2.45, 2.75) is 18.5 Å². The van der Waals surface area contributed by atoms with Crippen LogP contribution in [0.4, 0.5) is 5.69 Å². The predicted molar refractivity (Wildman–Crippen MR) is 110 cm³/mol. The Bertz CT molecular complexity index is 978. The van der Waals surface area contributed by atoms with Crippen LogP contribution in [0.1, 0.15) is 12.0 Å². The van der Waals surface area contributed by atoms with E-state index in [0.29, 0.717) is 17.5 Å². The van der Waals surface area contributed by atoms with Crippen molar-refractivity contribution in [2.24, 2.45) is 0 Å². The Hall–Kier alpha value is -3.31. The number of nitriles is 1. The summed E-state index contributed by atoms with van der Waals surface area (Å²) in [5.41, 5.74) is 2.77. The van der Waals surface area contributed by atoms with E-state index in [0.717, 1.165) is 16.8 Å². The SMILES string of the molecule is Cc1ccc(-c2nnc(SCC(=O)N(CCC#N)c3ccccc3)n2N)cc1. The van der Waals surface area contributed by atoms with Crippen molar-refractivity contribution in [3.05, 3.63) is 60.2 Å². The lowest BCUT2D eigenvalue weighted by molar-refractivity contribution is -0.116. The summed E-state index contributed by atoms with van der Waals surface area (Å²) in [6.07, 6.45) is 0.260. The van der Waals surface area contributed by atoms with Crippen LogP contribution >= 0.6 is 11.8 Å². The van der Waals surface area contributed by atoms with E-state index in [2.05, 4.69) is 16.3 Å². The lowest BCUT2D eigenvalue weighted by Crippen LogP contribution is -2.33. The van der Waals surface area contributed by atoms with Crippen molar-refractivity contribution in [1.29, 1.82) is 5.26 Å². The number of hydrogen-bond acceptors (Lipinski definition) is 6. The molecule has 28 heavy (non-hydrogen) atoms. The van der Waals surface area contributed by atoms with E-state index in [1.54, 1.807) is 4.90 Å². The second-order valence-corrected chi connectivity index (χ2v) is 7.06. The quantitative estimate of drug-likeness (QED) is 0.490. The van der Waals surface area contributed by atoms with Gasteiger partial charge in [0, 0.05) is 17.8 Å². The van der Waals surface area contributed by atoms with Crippen molar-refractivity contribution < 1.29 is 4.79 Å². The van der Waals surface area contributed by atoms with Gasteiger partial charge in [-0.05, 0) is 19.1 Å². The number of rotatable bonds is 7. The Morgan fingerprint density at radius 2 is 1.89 bits per heavy atom. The van der Waals surface area contributed by atoms with Gasteiger partial charge in [-0.15, -0.1) is 10.2 Å². The zero-order chi connectivity index (χ0) is 19.9. The Morgan fingerprint density at radius 3 is 2.57 bits per heavy atom. The highest BCUT2D eigenvalue weighted by Gasteiger charge is 2.18. The standard InChI is InChI=1S/C20H20N6OS/c1-15-8-10-16(11-9-15)19-23-24-20(26(19)22)28-14-18(27)25(13-5-12-21)17-6-3-2-4-7-17/h2-4,6-11H,5,13-14,22H2,1H3. The van der Waals surface area contributed by atoms with Gasteiger partial charge in [0.25, 0.3) is 0 Å². The number of aromatic nitrogens is 3. The maximum Gasteiger partial charge on any atom is 0.237 e. The molecule has 3 aromatic rings. The number of thioether (sulfide) groups is 1. The molecule has 3 rings (SSSR count). The zero-order valence-electron chi connectivity index (χ0n) is 15.4. The lowest BCUT2D eigenvalue weighted by atomic mass is 10.1. The number of para-hydroxylation sites is 1. The van der Waals surface area contributed by atoms with Gasteiger partial charge in [0.2, 0.25) is 11.1 Å². The van der Waals surface area contributed by atoms with Crippen molar-refractivity contribution in [1.82, 2.24) is 14.9 Å². The number of aryl methyl sites for hydroxylation is 1. The Morgan fingerprint density at radius 1 is 1.18 bits per heavy atom. The maximum atomic E-state index is 12.7. The van der Waals surface area contributed by atoms with Crippen molar-refractivity contribution in [2.75, 3.05) is 23.0 Å². The van der Waals surface area contributed by atoms with Crippen LogP contribution < -0.4 is 10.7 Å². The van der Waals surface area contributed by atoms with Crippen LogP contribution in [0.2, 0.25) is 0 Å². The highest BCUT2D eigenvalue weighted by atomic mass is 32.2. The molecule has 0 aliphatic rings. The monoisotopic (exact) mass is 392 g/mol. The Balaban J connectivity index is 1.71. The summed E-state index contributed by atoms with van der Waals surface area (Å²) in [6.45, 7) is 2.35. The van der Waals surface area contributed by atoms with Gasteiger partial charge in [0.1, 0.15) is 0 Å². The molecule has 7 nitrogen and oxygen atoms in total. The summed E-state index contributed by atoms with van der Waals surface area (Å²) in [4.78, 5) is 14.4. The highest BCUT2D eigenvalue weighted by Crippen LogP contribution is 2.23. The van der Waals surface area contributed by atoms with Crippen LogP contribution in [0.5, 0.6) is 0 Å². The van der Waals surface area contributed by atoms with Crippen molar-refractivity contribution >= 4 is 23.4 Å². The second-order valence-electron chi connectivity index (χ2n) is 6.12. The molecule has 0 bridgehead atoms. The molecule has 0 spiro atoms. The maximum absolute atomic E-state index is 12.7. The smallest absolute Gasteiger partial charge is 0.237 e. The van der Waals surface area contributed by atoms with Gasteiger partial charge in [-0.25, -0.2) is 4.68 Å². The molecule has 0 aliphatic carbocycles. The first-order valence-corrected chi connectivity index (χ1v) is 9.71. The molecule has 2 N–H and O–H groups in total. The number of carbonyl (C=O) groups excluding carboxylic acids is 1. The fraction of sp³-hybridized carbons (Fsp3) is 0.200. The first-order chi connectivity index (χ1) is 13.6. The number of nitrogens with zero attached hydrogens (tertiary/aromatic N) is 5. The Kier molecular flexibility index (Phi) is 6.29. The third-order valence-electron chi connectivity index (χ3n) is 4.12. The normalized spacial score (nSPS) is 10.4. The van der Waals surface area contributed by atoms with Gasteiger partial charge in [0.05, 0.1) is 18.2 Å². The van der Waals surface area contributed by atoms with Crippen LogP contribution in [-0.2, 0) is 4.79 Å². The molecule has 1 amide bonds. The van der Waals surface area contributed by atoms with E-state index in [1.165, 1.54) is 16.4 Å². The van der Waals surface area contributed by atoms with E-state index in [1.807, 2.05) is 61.5 Å². The Labute approximate surface area is 167 Å². The largest absolute Gasteiger partial charge is 0.335 e. The number of amides is 1. The topological polar surface area (TPSA) is 101 Å². The fourth-order valence-corrected chi connectivity index (χ4v) is 3.38. The molecule has 1 heterocycles. The summed E-state index contributed by atoms with van der Waals surface area (Å²) in [7, 11) is 0. The number of carbonyl (C=O) groups is 1. The molecule has 0 radical (unpaired) electrons. The first-order valence-electron chi connectivity index (χ1n) is 8.73. The minimum absolute atomic E-state index is 0.119. The molecule has 1 aromatic heterocycles. The van der Waals surface area contributed by atoms with Gasteiger partial charge in [-0.1, -0.05) is 59.8 Å². The molecule has 0 fully saturated rings. The summed E-state index contributed by atoms with van der Waals surface area (Å²) < 4.78 is 1.39. The van der Waals surface area contributed by atoms with Gasteiger partial charge >= 0.3 is 0 Å². The molecule has 142 valence electrons. The fourth-order valence-electron chi connectivity index (χ4n) is 2.65. The van der Waals surface area contributed by atoms with Gasteiger partial charge in [-0.3, -0.25) is 4.79 Å². The first kappa shape index (κ1) is 19.5. The van der Waals surface area contributed by atoms with E-state index >= 15 is 0 Å². The number of anilines is 1. The summed E-state index contributed by atoms with van der Waals surface area (Å²) in [6, 6.07) is 19.2. The molecule has 0 saturated heterocycles. The summed E-state index contributed by atoms with van der Waals surface area (Å²) in [5, 5.41) is 17.6. The molecular weight excluding hydrogens is 372 g/mol. The summed E-state index contributed by atoms with van der Waals surface area (Å²) >= 11 is 1.22. The minimum Gasteiger partial charge on any atom is -0.335 e. The van der Waals surface area contributed by atoms with E-state index < -0.39 is 0 Å². The summed E-state index contributed by atoms with van der Waals surface area (Å²) in [5.74, 6) is 6.69. The molecule has 0 aliphatic heterocycles. The number of benzene rings is 2. The van der Waals surface area contributed by atoms with E-state index in [4.69, 9.17) is 11.1 Å². The lowest BCUT2D eigenvalue weighted by Gasteiger charge is -2.21. The average Bonchev–Trinajstić information content (AvgIpc) is 3.08. The molecule has 0 unspecified atom stereocenters. The van der Waals surface area contributed by atoms with Gasteiger partial charge < -0.3 is 10.7 Å². The van der Waals surface area contributed by atoms with Crippen LogP contribution in [0.15, 0.2) is 59.8 Å². The number of nitrogen functional groups attached to an aromatic ring is 1. The highest BCUT2D eigenvalue weighted by molar-refractivity contribution is 7.99. The molecule has 0 saturated carbocycles. The van der Waals surface area contributed by atoms with Crippen LogP contribution in [0.3, 0.4) is 0 Å². The third-order valence-corrected chi connectivity index (χ3v) is 5.04. The van der Waals surface area contributed by atoms with Crippen LogP contribution in [0, 0.1) is 18.3 Å². The van der Waals surface area contributed by atoms with Crippen LogP contribution in [0.25, 0.3) is 11.4 Å². The van der Waals surface area contributed by atoms with Crippen molar-refractivity contribution in [3.8, 4) is 17.5 Å².